The predicted octanol–water partition coefficient (Wildman–Crippen LogP) is 2.49. The molecule has 0 amide bonds. The second-order valence-electron chi connectivity index (χ2n) is 5.01. The van der Waals surface area contributed by atoms with Crippen LogP contribution < -0.4 is 10.2 Å². The lowest BCUT2D eigenvalue weighted by molar-refractivity contribution is 0.499. The van der Waals surface area contributed by atoms with Crippen LogP contribution in [0.1, 0.15) is 31.9 Å². The first-order valence-corrected chi connectivity index (χ1v) is 6.88. The molecule has 0 spiro atoms. The fourth-order valence-corrected chi connectivity index (χ4v) is 2.98. The van der Waals surface area contributed by atoms with Crippen LogP contribution >= 0.6 is 11.3 Å². The van der Waals surface area contributed by atoms with Crippen LogP contribution in [0, 0.1) is 5.92 Å². The van der Waals surface area contributed by atoms with Crippen LogP contribution in [0.15, 0.2) is 5.38 Å². The minimum absolute atomic E-state index is 0.708. The molecule has 1 aliphatic rings. The smallest absolute Gasteiger partial charge is 0.185 e. The number of nitrogens with zero attached hydrogens (tertiary/aromatic N) is 2. The third-order valence-corrected chi connectivity index (χ3v) is 4.25. The summed E-state index contributed by atoms with van der Waals surface area (Å²) in [6, 6.07) is 0.708. The van der Waals surface area contributed by atoms with E-state index in [1.165, 1.54) is 25.0 Å². The summed E-state index contributed by atoms with van der Waals surface area (Å²) >= 11 is 1.72. The first-order chi connectivity index (χ1) is 7.65. The number of rotatable bonds is 4. The molecule has 2 atom stereocenters. The van der Waals surface area contributed by atoms with Crippen molar-refractivity contribution in [3.8, 4) is 0 Å². The molecule has 2 rings (SSSR count). The Labute approximate surface area is 102 Å². The second-order valence-corrected chi connectivity index (χ2v) is 5.85. The van der Waals surface area contributed by atoms with Crippen molar-refractivity contribution in [2.45, 2.75) is 38.8 Å². The summed E-state index contributed by atoms with van der Waals surface area (Å²) in [7, 11) is 4.07. The van der Waals surface area contributed by atoms with Crippen molar-refractivity contribution in [1.82, 2.24) is 10.3 Å². The summed E-state index contributed by atoms with van der Waals surface area (Å²) in [5, 5.41) is 6.85. The van der Waals surface area contributed by atoms with Crippen LogP contribution in [0.3, 0.4) is 0 Å². The number of hydrogen-bond donors (Lipinski definition) is 1. The first kappa shape index (κ1) is 11.9. The minimum atomic E-state index is 0.708. The summed E-state index contributed by atoms with van der Waals surface area (Å²) < 4.78 is 0. The standard InChI is InChI=1S/C12H21N3S/c1-9-4-5-10(6-9)13-7-11-8-16-12(14-11)15(2)3/h8-10,13H,4-7H2,1-3H3. The number of hydrogen-bond acceptors (Lipinski definition) is 4. The maximum atomic E-state index is 4.57. The average Bonchev–Trinajstić information content (AvgIpc) is 2.83. The molecule has 0 bridgehead atoms. The van der Waals surface area contributed by atoms with Gasteiger partial charge in [0.15, 0.2) is 5.13 Å². The van der Waals surface area contributed by atoms with E-state index in [1.807, 2.05) is 14.1 Å². The minimum Gasteiger partial charge on any atom is -0.354 e. The highest BCUT2D eigenvalue weighted by Gasteiger charge is 2.20. The number of thiazole rings is 1. The molecule has 3 nitrogen and oxygen atoms in total. The fraction of sp³-hybridized carbons (Fsp3) is 0.750. The number of nitrogens with one attached hydrogen (secondary N) is 1. The van der Waals surface area contributed by atoms with Gasteiger partial charge < -0.3 is 10.2 Å². The lowest BCUT2D eigenvalue weighted by Crippen LogP contribution is -2.25. The molecule has 1 aromatic rings. The normalized spacial score (nSPS) is 24.9. The molecule has 90 valence electrons. The van der Waals surface area contributed by atoms with Gasteiger partial charge in [0, 0.05) is 32.1 Å². The molecule has 16 heavy (non-hydrogen) atoms. The summed E-state index contributed by atoms with van der Waals surface area (Å²) in [4.78, 5) is 6.63. The quantitative estimate of drug-likeness (QED) is 0.875. The van der Waals surface area contributed by atoms with E-state index in [4.69, 9.17) is 0 Å². The highest BCUT2D eigenvalue weighted by Crippen LogP contribution is 2.25. The molecule has 1 N–H and O–H groups in total. The van der Waals surface area contributed by atoms with E-state index in [2.05, 4.69) is 27.5 Å². The van der Waals surface area contributed by atoms with E-state index in [-0.39, 0.29) is 0 Å². The molecule has 0 saturated heterocycles. The monoisotopic (exact) mass is 239 g/mol. The van der Waals surface area contributed by atoms with E-state index in [9.17, 15) is 0 Å². The highest BCUT2D eigenvalue weighted by atomic mass is 32.1. The molecule has 4 heteroatoms. The molecule has 0 radical (unpaired) electrons. The van der Waals surface area contributed by atoms with Crippen LogP contribution in [-0.4, -0.2) is 25.1 Å². The van der Waals surface area contributed by atoms with E-state index in [0.29, 0.717) is 6.04 Å². The van der Waals surface area contributed by atoms with Crippen molar-refractivity contribution >= 4 is 16.5 Å². The molecular formula is C12H21N3S. The van der Waals surface area contributed by atoms with Gasteiger partial charge in [-0.05, 0) is 25.2 Å². The van der Waals surface area contributed by atoms with Gasteiger partial charge in [0.25, 0.3) is 0 Å². The Hall–Kier alpha value is -0.610. The van der Waals surface area contributed by atoms with Crippen molar-refractivity contribution in [3.63, 3.8) is 0 Å². The van der Waals surface area contributed by atoms with Gasteiger partial charge in [-0.25, -0.2) is 4.98 Å². The van der Waals surface area contributed by atoms with Crippen LogP contribution in [-0.2, 0) is 6.54 Å². The lowest BCUT2D eigenvalue weighted by Gasteiger charge is -2.10. The topological polar surface area (TPSA) is 28.2 Å². The molecule has 0 aliphatic heterocycles. The molecule has 1 aliphatic carbocycles. The van der Waals surface area contributed by atoms with Crippen LogP contribution in [0.5, 0.6) is 0 Å². The summed E-state index contributed by atoms with van der Waals surface area (Å²) in [6.07, 6.45) is 4.02. The third-order valence-electron chi connectivity index (χ3n) is 3.19. The van der Waals surface area contributed by atoms with Gasteiger partial charge in [0.2, 0.25) is 0 Å². The Bertz CT molecular complexity index is 335. The second kappa shape index (κ2) is 5.15. The Balaban J connectivity index is 1.80. The van der Waals surface area contributed by atoms with Gasteiger partial charge in [-0.1, -0.05) is 6.92 Å². The predicted molar refractivity (Wildman–Crippen MR) is 70.1 cm³/mol. The zero-order chi connectivity index (χ0) is 11.5. The van der Waals surface area contributed by atoms with Gasteiger partial charge in [-0.2, -0.15) is 0 Å². The van der Waals surface area contributed by atoms with E-state index in [1.54, 1.807) is 11.3 Å². The number of aromatic nitrogens is 1. The van der Waals surface area contributed by atoms with Crippen molar-refractivity contribution < 1.29 is 0 Å². The third kappa shape index (κ3) is 2.95. The van der Waals surface area contributed by atoms with Crippen LogP contribution in [0.25, 0.3) is 0 Å². The molecule has 1 saturated carbocycles. The van der Waals surface area contributed by atoms with Gasteiger partial charge in [0.05, 0.1) is 5.69 Å². The average molecular weight is 239 g/mol. The Kier molecular flexibility index (Phi) is 3.82. The van der Waals surface area contributed by atoms with Crippen LogP contribution in [0.2, 0.25) is 0 Å². The molecule has 1 aromatic heterocycles. The largest absolute Gasteiger partial charge is 0.354 e. The summed E-state index contributed by atoms with van der Waals surface area (Å²) in [5.41, 5.74) is 1.17. The van der Waals surface area contributed by atoms with Crippen molar-refractivity contribution in [2.75, 3.05) is 19.0 Å². The fourth-order valence-electron chi connectivity index (χ4n) is 2.22. The zero-order valence-corrected chi connectivity index (χ0v) is 11.2. The SMILES string of the molecule is CC1CCC(NCc2csc(N(C)C)n2)C1. The maximum Gasteiger partial charge on any atom is 0.185 e. The maximum absolute atomic E-state index is 4.57. The molecule has 1 fully saturated rings. The lowest BCUT2D eigenvalue weighted by atomic mass is 10.1. The van der Waals surface area contributed by atoms with Crippen LogP contribution in [0.4, 0.5) is 5.13 Å². The van der Waals surface area contributed by atoms with E-state index in [0.717, 1.165) is 17.6 Å². The van der Waals surface area contributed by atoms with Gasteiger partial charge in [-0.15, -0.1) is 11.3 Å². The Morgan fingerprint density at radius 1 is 1.50 bits per heavy atom. The van der Waals surface area contributed by atoms with Gasteiger partial charge in [0.1, 0.15) is 0 Å². The highest BCUT2D eigenvalue weighted by molar-refractivity contribution is 7.13. The summed E-state index contributed by atoms with van der Waals surface area (Å²) in [5.74, 6) is 0.894. The number of anilines is 1. The van der Waals surface area contributed by atoms with Crippen molar-refractivity contribution in [1.29, 1.82) is 0 Å². The van der Waals surface area contributed by atoms with E-state index < -0.39 is 0 Å². The molecule has 0 aromatic carbocycles. The molecule has 1 heterocycles. The zero-order valence-electron chi connectivity index (χ0n) is 10.4. The van der Waals surface area contributed by atoms with E-state index >= 15 is 0 Å². The Morgan fingerprint density at radius 3 is 2.88 bits per heavy atom. The molecular weight excluding hydrogens is 218 g/mol. The van der Waals surface area contributed by atoms with Crippen molar-refractivity contribution in [2.24, 2.45) is 5.92 Å². The first-order valence-electron chi connectivity index (χ1n) is 6.00. The Morgan fingerprint density at radius 2 is 2.31 bits per heavy atom. The summed E-state index contributed by atoms with van der Waals surface area (Å²) in [6.45, 7) is 3.26. The van der Waals surface area contributed by atoms with Gasteiger partial charge >= 0.3 is 0 Å². The molecule has 2 unspecified atom stereocenters. The van der Waals surface area contributed by atoms with Gasteiger partial charge in [-0.3, -0.25) is 0 Å². The van der Waals surface area contributed by atoms with Crippen molar-refractivity contribution in [3.05, 3.63) is 11.1 Å².